The molecule has 15 rings (SSSR count). The second-order valence-electron chi connectivity index (χ2n) is 27.3. The third kappa shape index (κ3) is 9.00. The van der Waals surface area contributed by atoms with Gasteiger partial charge in [0.25, 0.3) is 6.71 Å². The van der Waals surface area contributed by atoms with Gasteiger partial charge >= 0.3 is 0 Å². The van der Waals surface area contributed by atoms with Gasteiger partial charge in [0.05, 0.1) is 18.0 Å². The van der Waals surface area contributed by atoms with Crippen LogP contribution in [0.15, 0.2) is 273 Å². The van der Waals surface area contributed by atoms with Gasteiger partial charge < -0.3 is 9.64 Å². The van der Waals surface area contributed by atoms with E-state index in [0.29, 0.717) is 17.1 Å². The molecule has 0 spiro atoms. The van der Waals surface area contributed by atoms with Crippen molar-refractivity contribution in [3.63, 3.8) is 0 Å². The molecule has 12 aromatic carbocycles. The van der Waals surface area contributed by atoms with Gasteiger partial charge in [-0.15, -0.1) is 0 Å². The maximum absolute atomic E-state index is 9.21. The average molecular weight is 1140 g/mol. The second kappa shape index (κ2) is 20.7. The number of benzene rings is 12. The Morgan fingerprint density at radius 1 is 0.364 bits per heavy atom. The van der Waals surface area contributed by atoms with E-state index in [-0.39, 0.29) is 52.7 Å². The number of nitrogens with zero attached hydrogens (tertiary/aromatic N) is 1. The molecule has 0 unspecified atom stereocenters. The van der Waals surface area contributed by atoms with Gasteiger partial charge in [-0.05, 0) is 164 Å². The number of rotatable bonds is 8. The van der Waals surface area contributed by atoms with E-state index in [1.54, 1.807) is 0 Å². The molecule has 1 aliphatic carbocycles. The number of hydrogen-bond acceptors (Lipinski definition) is 2. The summed E-state index contributed by atoms with van der Waals surface area (Å²) in [6, 6.07) is 87.3. The number of hydrogen-bond donors (Lipinski definition) is 0. The maximum atomic E-state index is 9.21. The van der Waals surface area contributed by atoms with E-state index in [1.807, 2.05) is 12.1 Å². The predicted molar refractivity (Wildman–Crippen MR) is 373 cm³/mol. The summed E-state index contributed by atoms with van der Waals surface area (Å²) in [6.07, 6.45) is 0. The second-order valence-corrected chi connectivity index (χ2v) is 27.3. The molecule has 3 aliphatic rings. The standard InChI is InChI=1S/C85H72BNO/c1-82(2,3)64-46-60(47-65(52-64)83(4,5)6)58-42-44-73-75(48-58)87(81-70(56-30-17-11-18-31-56)53-66(84(7,8)9)54-71(81)57-32-19-12-20-33-57)76-49-61(51-78-80(76)86(73)74-45-43-59(50-77(74)88-78)55-28-15-10-16-29-55)67-39-27-40-69-68-38-25-26-41-72(68)85(79(67)69,62-34-21-13-22-35-62)63-36-23-14-24-37-63/h10-54H,1-9H3/i10D,15D,16D,28D,29D. The summed E-state index contributed by atoms with van der Waals surface area (Å²) in [7, 11) is 0. The summed E-state index contributed by atoms with van der Waals surface area (Å²) in [4.78, 5) is 2.57. The highest BCUT2D eigenvalue weighted by molar-refractivity contribution is 6.99. The molecule has 12 aromatic rings. The number of anilines is 3. The van der Waals surface area contributed by atoms with Gasteiger partial charge in [-0.25, -0.2) is 0 Å². The Balaban J connectivity index is 1.11. The summed E-state index contributed by atoms with van der Waals surface area (Å²) in [6.45, 7) is 20.3. The molecule has 0 aromatic heterocycles. The van der Waals surface area contributed by atoms with Crippen LogP contribution in [0.4, 0.5) is 17.1 Å². The fourth-order valence-electron chi connectivity index (χ4n) is 14.3. The molecular weight excluding hydrogens is 1060 g/mol. The van der Waals surface area contributed by atoms with Gasteiger partial charge in [0.2, 0.25) is 0 Å². The zero-order chi connectivity index (χ0) is 64.6. The van der Waals surface area contributed by atoms with Crippen LogP contribution in [0.1, 0.15) is 108 Å². The zero-order valence-electron chi connectivity index (χ0n) is 56.5. The van der Waals surface area contributed by atoms with Crippen molar-refractivity contribution in [3.05, 3.63) is 312 Å². The zero-order valence-corrected chi connectivity index (χ0v) is 51.5. The van der Waals surface area contributed by atoms with Gasteiger partial charge in [0.15, 0.2) is 0 Å². The largest absolute Gasteiger partial charge is 0.458 e. The van der Waals surface area contributed by atoms with Gasteiger partial charge in [0, 0.05) is 22.5 Å². The monoisotopic (exact) mass is 1140 g/mol. The topological polar surface area (TPSA) is 12.5 Å². The first kappa shape index (κ1) is 49.4. The van der Waals surface area contributed by atoms with Crippen LogP contribution in [0.5, 0.6) is 11.5 Å². The van der Waals surface area contributed by atoms with Crippen LogP contribution in [0.3, 0.4) is 0 Å². The van der Waals surface area contributed by atoms with E-state index in [1.165, 1.54) is 33.4 Å². The Morgan fingerprint density at radius 3 is 1.44 bits per heavy atom. The quantitative estimate of drug-likeness (QED) is 0.141. The van der Waals surface area contributed by atoms with Crippen LogP contribution < -0.4 is 26.0 Å². The van der Waals surface area contributed by atoms with Crippen molar-refractivity contribution >= 4 is 40.2 Å². The summed E-state index contributed by atoms with van der Waals surface area (Å²) >= 11 is 0. The summed E-state index contributed by atoms with van der Waals surface area (Å²) in [5, 5.41) is 0. The molecule has 0 saturated carbocycles. The van der Waals surface area contributed by atoms with Crippen molar-refractivity contribution in [1.29, 1.82) is 0 Å². The van der Waals surface area contributed by atoms with Crippen LogP contribution in [0.2, 0.25) is 0 Å². The van der Waals surface area contributed by atoms with Crippen LogP contribution in [-0.2, 0) is 21.7 Å². The smallest absolute Gasteiger partial charge is 0.256 e. The van der Waals surface area contributed by atoms with E-state index in [9.17, 15) is 2.74 Å². The molecule has 88 heavy (non-hydrogen) atoms. The lowest BCUT2D eigenvalue weighted by molar-refractivity contribution is 0.488. The summed E-state index contributed by atoms with van der Waals surface area (Å²) in [5.74, 6) is 1.21. The predicted octanol–water partition coefficient (Wildman–Crippen LogP) is 20.7. The lowest BCUT2D eigenvalue weighted by atomic mass is 9.34. The Bertz CT molecular complexity index is 4840. The third-order valence-corrected chi connectivity index (χ3v) is 18.7. The first-order chi connectivity index (χ1) is 44.6. The van der Waals surface area contributed by atoms with E-state index < -0.39 is 11.5 Å². The molecule has 2 heterocycles. The first-order valence-corrected chi connectivity index (χ1v) is 30.9. The van der Waals surface area contributed by atoms with Gasteiger partial charge in [-0.2, -0.15) is 0 Å². The van der Waals surface area contributed by atoms with Crippen molar-refractivity contribution in [2.24, 2.45) is 0 Å². The molecule has 0 atom stereocenters. The Kier molecular flexibility index (Phi) is 11.7. The highest BCUT2D eigenvalue weighted by Crippen LogP contribution is 2.60. The highest BCUT2D eigenvalue weighted by Gasteiger charge is 2.49. The summed E-state index contributed by atoms with van der Waals surface area (Å²) in [5.41, 5.74) is 24.7. The molecule has 0 fully saturated rings. The Morgan fingerprint density at radius 2 is 0.852 bits per heavy atom. The van der Waals surface area contributed by atoms with Gasteiger partial charge in [-0.3, -0.25) is 0 Å². The van der Waals surface area contributed by atoms with Crippen LogP contribution in [0, 0.1) is 0 Å². The van der Waals surface area contributed by atoms with Crippen molar-refractivity contribution in [2.75, 3.05) is 4.90 Å². The Hall–Kier alpha value is -9.70. The molecule has 426 valence electrons. The molecule has 2 nitrogen and oxygen atoms in total. The van der Waals surface area contributed by atoms with Gasteiger partial charge in [-0.1, -0.05) is 299 Å². The minimum Gasteiger partial charge on any atom is -0.458 e. The minimum atomic E-state index is -0.745. The number of fused-ring (bicyclic) bond motifs is 7. The lowest BCUT2D eigenvalue weighted by Crippen LogP contribution is -2.59. The molecule has 0 N–H and O–H groups in total. The molecule has 0 bridgehead atoms. The molecule has 2 aliphatic heterocycles. The van der Waals surface area contributed by atoms with Gasteiger partial charge in [0.1, 0.15) is 11.5 Å². The minimum absolute atomic E-state index is 0.123. The fraction of sp³-hybridized carbons (Fsp3) is 0.153. The average Bonchev–Trinajstić information content (AvgIpc) is 1.68. The first-order valence-electron chi connectivity index (χ1n) is 33.4. The van der Waals surface area contributed by atoms with Crippen molar-refractivity contribution in [2.45, 2.75) is 84.0 Å². The number of ether oxygens (including phenoxy) is 1. The van der Waals surface area contributed by atoms with Crippen molar-refractivity contribution in [3.8, 4) is 78.3 Å². The molecule has 0 amide bonds. The fourth-order valence-corrected chi connectivity index (χ4v) is 14.3. The lowest BCUT2D eigenvalue weighted by Gasteiger charge is -2.42. The third-order valence-electron chi connectivity index (χ3n) is 18.7. The molecule has 3 heteroatoms. The molecule has 0 radical (unpaired) electrons. The SMILES string of the molecule is [2H]c1c([2H])c([2H])c(-c2ccc3c(c2)Oc2cc(-c4cccc5c4C(c4ccccc4)(c4ccccc4)c4ccccc4-5)cc4c2B3c2ccc(-c3cc(C(C)(C)C)cc(C(C)(C)C)c3)cc2N4c2c(-c3ccccc3)cc(C(C)(C)C)cc2-c2ccccc2)c([2H])c1[2H]. The maximum Gasteiger partial charge on any atom is 0.256 e. The van der Waals surface area contributed by atoms with E-state index in [4.69, 9.17) is 8.85 Å². The van der Waals surface area contributed by atoms with E-state index in [0.717, 1.165) is 94.6 Å². The van der Waals surface area contributed by atoms with Crippen LogP contribution in [-0.4, -0.2) is 6.71 Å². The van der Waals surface area contributed by atoms with Crippen LogP contribution in [0.25, 0.3) is 66.8 Å². The van der Waals surface area contributed by atoms with E-state index in [2.05, 4.69) is 298 Å². The normalized spacial score (nSPS) is 14.4. The Labute approximate surface area is 528 Å². The van der Waals surface area contributed by atoms with E-state index >= 15 is 0 Å². The molecular formula is C85H72BNO. The van der Waals surface area contributed by atoms with Crippen LogP contribution >= 0.6 is 0 Å². The molecule has 0 saturated heterocycles. The van der Waals surface area contributed by atoms with Crippen molar-refractivity contribution in [1.82, 2.24) is 0 Å². The van der Waals surface area contributed by atoms with Crippen molar-refractivity contribution < 1.29 is 11.6 Å². The highest BCUT2D eigenvalue weighted by atomic mass is 16.5. The summed E-state index contributed by atoms with van der Waals surface area (Å²) < 4.78 is 52.1.